The van der Waals surface area contributed by atoms with Crippen LogP contribution >= 0.6 is 0 Å². The molecule has 4 heterocycles. The summed E-state index contributed by atoms with van der Waals surface area (Å²) >= 11 is 0. The molecule has 0 N–H and O–H groups in total. The standard InChI is InChI=1S/C50H26N4O2/c1-52-35-27-30(28-51)44(29-13-3-2-4-14-29)50(54-37-20-10-6-16-32(37)46-39(54)24-26-43-48(46)34-18-8-12-22-41(34)56-43)49(35)53-36-19-9-5-15-31(36)45-38(53)23-25-42-47(45)33-17-7-11-21-40(33)55-42/h2-27H. The van der Waals surface area contributed by atoms with Crippen LogP contribution < -0.4 is 0 Å². The van der Waals surface area contributed by atoms with Crippen LogP contribution in [-0.2, 0) is 0 Å². The summed E-state index contributed by atoms with van der Waals surface area (Å²) in [6, 6.07) is 55.7. The molecule has 0 saturated heterocycles. The largest absolute Gasteiger partial charge is 0.456 e. The molecular weight excluding hydrogens is 689 g/mol. The smallest absolute Gasteiger partial charge is 0.214 e. The third kappa shape index (κ3) is 3.92. The van der Waals surface area contributed by atoms with Gasteiger partial charge in [-0.2, -0.15) is 5.26 Å². The SMILES string of the molecule is [C-]#[N+]c1cc(C#N)c(-c2ccccc2)c(-n2c3ccccc3c3c4c(ccc32)oc2ccccc24)c1-n1c2ccccc2c2c3c(ccc21)oc1ccccc13. The second-order valence-corrected chi connectivity index (χ2v) is 14.2. The van der Waals surface area contributed by atoms with Gasteiger partial charge in [0.2, 0.25) is 5.69 Å². The molecule has 56 heavy (non-hydrogen) atoms. The van der Waals surface area contributed by atoms with Crippen molar-refractivity contribution in [1.82, 2.24) is 9.13 Å². The average Bonchev–Trinajstić information content (AvgIpc) is 4.00. The number of furan rings is 2. The molecule has 0 atom stereocenters. The molecule has 12 rings (SSSR count). The Bertz CT molecular complexity index is 3730. The van der Waals surface area contributed by atoms with E-state index in [2.05, 4.69) is 86.8 Å². The van der Waals surface area contributed by atoms with Crippen molar-refractivity contribution in [2.45, 2.75) is 0 Å². The van der Waals surface area contributed by atoms with E-state index in [1.807, 2.05) is 84.9 Å². The van der Waals surface area contributed by atoms with Gasteiger partial charge in [-0.1, -0.05) is 103 Å². The van der Waals surface area contributed by atoms with Crippen molar-refractivity contribution in [2.24, 2.45) is 0 Å². The van der Waals surface area contributed by atoms with E-state index in [1.165, 1.54) is 0 Å². The van der Waals surface area contributed by atoms with Gasteiger partial charge in [0.25, 0.3) is 0 Å². The fraction of sp³-hybridized carbons (Fsp3) is 0. The number of hydrogen-bond acceptors (Lipinski definition) is 3. The van der Waals surface area contributed by atoms with Crippen LogP contribution in [0.5, 0.6) is 0 Å². The number of fused-ring (bicyclic) bond motifs is 14. The van der Waals surface area contributed by atoms with Crippen molar-refractivity contribution in [3.8, 4) is 28.6 Å². The first kappa shape index (κ1) is 30.4. The number of hydrogen-bond donors (Lipinski definition) is 0. The Morgan fingerprint density at radius 2 is 0.946 bits per heavy atom. The maximum absolute atomic E-state index is 10.9. The number of nitriles is 1. The molecule has 12 aromatic rings. The summed E-state index contributed by atoms with van der Waals surface area (Å²) in [6.07, 6.45) is 0. The summed E-state index contributed by atoms with van der Waals surface area (Å²) < 4.78 is 17.3. The Morgan fingerprint density at radius 1 is 0.464 bits per heavy atom. The van der Waals surface area contributed by atoms with Gasteiger partial charge >= 0.3 is 0 Å². The van der Waals surface area contributed by atoms with Crippen molar-refractivity contribution in [3.05, 3.63) is 175 Å². The van der Waals surface area contributed by atoms with Crippen LogP contribution in [-0.4, -0.2) is 9.13 Å². The number of aromatic nitrogens is 2. The zero-order chi connectivity index (χ0) is 37.1. The van der Waals surface area contributed by atoms with Crippen LogP contribution in [0.2, 0.25) is 0 Å². The fourth-order valence-corrected chi connectivity index (χ4v) is 9.18. The van der Waals surface area contributed by atoms with E-state index < -0.39 is 0 Å². The zero-order valence-electron chi connectivity index (χ0n) is 29.6. The maximum Gasteiger partial charge on any atom is 0.214 e. The number of benzene rings is 8. The predicted octanol–water partition coefficient (Wildman–Crippen LogP) is 13.8. The highest BCUT2D eigenvalue weighted by molar-refractivity contribution is 6.29. The van der Waals surface area contributed by atoms with Crippen LogP contribution in [0.4, 0.5) is 5.69 Å². The van der Waals surface area contributed by atoms with Crippen LogP contribution in [0.25, 0.3) is 115 Å². The molecular formula is C50H26N4O2. The Morgan fingerprint density at radius 3 is 1.48 bits per heavy atom. The number of rotatable bonds is 3. The Balaban J connectivity index is 1.35. The molecule has 0 bridgehead atoms. The normalized spacial score (nSPS) is 11.9. The van der Waals surface area contributed by atoms with Crippen LogP contribution in [0.3, 0.4) is 0 Å². The van der Waals surface area contributed by atoms with E-state index in [-0.39, 0.29) is 0 Å². The molecule has 8 aromatic carbocycles. The van der Waals surface area contributed by atoms with Crippen LogP contribution in [0.15, 0.2) is 167 Å². The molecule has 258 valence electrons. The number of para-hydroxylation sites is 4. The molecule has 0 spiro atoms. The minimum absolute atomic E-state index is 0.372. The van der Waals surface area contributed by atoms with Crippen molar-refractivity contribution < 1.29 is 8.83 Å². The molecule has 0 amide bonds. The summed E-state index contributed by atoms with van der Waals surface area (Å²) in [4.78, 5) is 4.23. The van der Waals surface area contributed by atoms with E-state index in [4.69, 9.17) is 15.4 Å². The van der Waals surface area contributed by atoms with Gasteiger partial charge in [0.15, 0.2) is 0 Å². The second-order valence-electron chi connectivity index (χ2n) is 14.2. The first-order valence-electron chi connectivity index (χ1n) is 18.4. The van der Waals surface area contributed by atoms with Crippen LogP contribution in [0, 0.1) is 17.9 Å². The van der Waals surface area contributed by atoms with E-state index >= 15 is 0 Å². The Hall–Kier alpha value is -8.06. The lowest BCUT2D eigenvalue weighted by Gasteiger charge is -2.23. The first-order chi connectivity index (χ1) is 27.7. The Kier molecular flexibility index (Phi) is 6.10. The highest BCUT2D eigenvalue weighted by Gasteiger charge is 2.29. The molecule has 0 unspecified atom stereocenters. The van der Waals surface area contributed by atoms with Crippen molar-refractivity contribution in [1.29, 1.82) is 5.26 Å². The Labute approximate surface area is 318 Å². The van der Waals surface area contributed by atoms with Crippen LogP contribution in [0.1, 0.15) is 5.56 Å². The molecule has 0 fully saturated rings. The first-order valence-corrected chi connectivity index (χ1v) is 18.4. The van der Waals surface area contributed by atoms with E-state index in [0.29, 0.717) is 16.9 Å². The van der Waals surface area contributed by atoms with Gasteiger partial charge in [-0.3, -0.25) is 0 Å². The van der Waals surface area contributed by atoms with Gasteiger partial charge in [-0.25, -0.2) is 4.85 Å². The highest BCUT2D eigenvalue weighted by atomic mass is 16.3. The van der Waals surface area contributed by atoms with Gasteiger partial charge in [0, 0.05) is 48.7 Å². The monoisotopic (exact) mass is 714 g/mol. The van der Waals surface area contributed by atoms with Gasteiger partial charge < -0.3 is 18.0 Å². The van der Waals surface area contributed by atoms with Gasteiger partial charge in [-0.15, -0.1) is 0 Å². The lowest BCUT2D eigenvalue weighted by molar-refractivity contribution is 0.669. The summed E-state index contributed by atoms with van der Waals surface area (Å²) in [5.41, 5.74) is 10.9. The van der Waals surface area contributed by atoms with E-state index in [1.54, 1.807) is 6.07 Å². The van der Waals surface area contributed by atoms with Crippen molar-refractivity contribution >= 4 is 93.2 Å². The molecule has 0 saturated carbocycles. The minimum atomic E-state index is 0.372. The molecule has 0 aliphatic rings. The van der Waals surface area contributed by atoms with E-state index in [9.17, 15) is 5.26 Å². The van der Waals surface area contributed by atoms with E-state index in [0.717, 1.165) is 104 Å². The van der Waals surface area contributed by atoms with Crippen molar-refractivity contribution in [3.63, 3.8) is 0 Å². The minimum Gasteiger partial charge on any atom is -0.456 e. The second kappa shape index (κ2) is 11.2. The quantitative estimate of drug-likeness (QED) is 0.171. The maximum atomic E-state index is 10.9. The molecule has 0 aliphatic heterocycles. The molecule has 0 aliphatic carbocycles. The summed E-state index contributed by atoms with van der Waals surface area (Å²) in [7, 11) is 0. The fourth-order valence-electron chi connectivity index (χ4n) is 9.18. The van der Waals surface area contributed by atoms with Gasteiger partial charge in [0.05, 0.1) is 51.6 Å². The van der Waals surface area contributed by atoms with Gasteiger partial charge in [-0.05, 0) is 60.2 Å². The summed E-state index contributed by atoms with van der Waals surface area (Å²) in [6.45, 7) is 8.76. The molecule has 4 aromatic heterocycles. The van der Waals surface area contributed by atoms with Gasteiger partial charge in [0.1, 0.15) is 22.3 Å². The third-order valence-corrected chi connectivity index (χ3v) is 11.4. The molecule has 6 nitrogen and oxygen atoms in total. The predicted molar refractivity (Wildman–Crippen MR) is 226 cm³/mol. The third-order valence-electron chi connectivity index (χ3n) is 11.4. The lowest BCUT2D eigenvalue weighted by atomic mass is 9.95. The number of nitrogens with zero attached hydrogens (tertiary/aromatic N) is 4. The average molecular weight is 715 g/mol. The van der Waals surface area contributed by atoms with Crippen molar-refractivity contribution in [2.75, 3.05) is 0 Å². The topological polar surface area (TPSA) is 64.3 Å². The lowest BCUT2D eigenvalue weighted by Crippen LogP contribution is -2.07. The molecule has 0 radical (unpaired) electrons. The highest BCUT2D eigenvalue weighted by Crippen LogP contribution is 2.50. The zero-order valence-corrected chi connectivity index (χ0v) is 29.6. The molecule has 6 heteroatoms. The summed E-state index contributed by atoms with van der Waals surface area (Å²) in [5, 5.41) is 19.3. The summed E-state index contributed by atoms with van der Waals surface area (Å²) in [5.74, 6) is 0.